The minimum absolute atomic E-state index is 0.567. The monoisotopic (exact) mass is 259 g/mol. The lowest BCUT2D eigenvalue weighted by Gasteiger charge is -2.13. The van der Waals surface area contributed by atoms with Gasteiger partial charge in [-0.2, -0.15) is 0 Å². The number of benzene rings is 1. The van der Waals surface area contributed by atoms with E-state index < -0.39 is 0 Å². The molecule has 0 fully saturated rings. The molecule has 1 aromatic heterocycles. The Morgan fingerprint density at radius 1 is 1.21 bits per heavy atom. The van der Waals surface area contributed by atoms with E-state index in [1.807, 2.05) is 18.3 Å². The standard InChI is InChI=1S/C14H17N3O2/c1-18-12-6-9-4-3-5-17-11(8-16-14(17)15)10(9)7-13(12)19-2/h6-8H,3-5H2,1-2H3,(H2,15,16). The Morgan fingerprint density at radius 2 is 1.95 bits per heavy atom. The predicted octanol–water partition coefficient (Wildman–Crippen LogP) is 2.10. The Kier molecular flexibility index (Phi) is 2.81. The maximum atomic E-state index is 5.91. The number of anilines is 1. The molecular formula is C14H17N3O2. The van der Waals surface area contributed by atoms with Crippen molar-refractivity contribution < 1.29 is 9.47 Å². The first-order chi connectivity index (χ1) is 9.24. The van der Waals surface area contributed by atoms with Gasteiger partial charge in [-0.15, -0.1) is 0 Å². The zero-order valence-electron chi connectivity index (χ0n) is 11.1. The average molecular weight is 259 g/mol. The van der Waals surface area contributed by atoms with Crippen LogP contribution in [0.5, 0.6) is 11.5 Å². The summed E-state index contributed by atoms with van der Waals surface area (Å²) in [6.45, 7) is 0.889. The lowest BCUT2D eigenvalue weighted by atomic mass is 10.0. The SMILES string of the molecule is COc1cc2c(cc1OC)-c1cnc(N)n1CCC2. The molecule has 100 valence electrons. The molecule has 2 aromatic rings. The Labute approximate surface area is 112 Å². The van der Waals surface area contributed by atoms with Crippen LogP contribution in [-0.4, -0.2) is 23.8 Å². The Morgan fingerprint density at radius 3 is 2.68 bits per heavy atom. The second-order valence-electron chi connectivity index (χ2n) is 4.62. The molecule has 19 heavy (non-hydrogen) atoms. The number of hydrogen-bond acceptors (Lipinski definition) is 4. The number of nitrogen functional groups attached to an aromatic ring is 1. The van der Waals surface area contributed by atoms with Crippen molar-refractivity contribution in [1.29, 1.82) is 0 Å². The van der Waals surface area contributed by atoms with Gasteiger partial charge >= 0.3 is 0 Å². The highest BCUT2D eigenvalue weighted by molar-refractivity contribution is 5.70. The van der Waals surface area contributed by atoms with Crippen molar-refractivity contribution in [3.63, 3.8) is 0 Å². The van der Waals surface area contributed by atoms with E-state index in [2.05, 4.69) is 9.55 Å². The van der Waals surface area contributed by atoms with Crippen molar-refractivity contribution in [2.75, 3.05) is 20.0 Å². The van der Waals surface area contributed by atoms with Gasteiger partial charge in [0.1, 0.15) is 0 Å². The van der Waals surface area contributed by atoms with E-state index in [0.29, 0.717) is 5.95 Å². The number of ether oxygens (including phenoxy) is 2. The van der Waals surface area contributed by atoms with E-state index in [0.717, 1.165) is 42.1 Å². The van der Waals surface area contributed by atoms with Crippen LogP contribution in [0.25, 0.3) is 11.3 Å². The van der Waals surface area contributed by atoms with Gasteiger partial charge in [-0.3, -0.25) is 0 Å². The molecule has 5 nitrogen and oxygen atoms in total. The molecule has 0 aliphatic carbocycles. The third-order valence-electron chi connectivity index (χ3n) is 3.60. The van der Waals surface area contributed by atoms with Crippen LogP contribution in [0, 0.1) is 0 Å². The predicted molar refractivity (Wildman–Crippen MR) is 73.5 cm³/mol. The van der Waals surface area contributed by atoms with Crippen LogP contribution in [-0.2, 0) is 13.0 Å². The molecule has 0 saturated heterocycles. The molecule has 0 bridgehead atoms. The summed E-state index contributed by atoms with van der Waals surface area (Å²) >= 11 is 0. The van der Waals surface area contributed by atoms with E-state index >= 15 is 0 Å². The highest BCUT2D eigenvalue weighted by Gasteiger charge is 2.19. The Hall–Kier alpha value is -2.17. The molecule has 3 rings (SSSR count). The van der Waals surface area contributed by atoms with Gasteiger partial charge in [0.25, 0.3) is 0 Å². The molecule has 0 spiro atoms. The number of aryl methyl sites for hydroxylation is 1. The number of imidazole rings is 1. The molecular weight excluding hydrogens is 242 g/mol. The summed E-state index contributed by atoms with van der Waals surface area (Å²) in [6, 6.07) is 4.06. The third-order valence-corrected chi connectivity index (χ3v) is 3.60. The fourth-order valence-electron chi connectivity index (χ4n) is 2.63. The zero-order valence-corrected chi connectivity index (χ0v) is 11.1. The summed E-state index contributed by atoms with van der Waals surface area (Å²) in [7, 11) is 3.30. The Bertz CT molecular complexity index is 619. The second kappa shape index (κ2) is 4.50. The lowest BCUT2D eigenvalue weighted by molar-refractivity contribution is 0.354. The summed E-state index contributed by atoms with van der Waals surface area (Å²) < 4.78 is 12.8. The van der Waals surface area contributed by atoms with Crippen LogP contribution in [0.15, 0.2) is 18.3 Å². The normalized spacial score (nSPS) is 13.4. The first kappa shape index (κ1) is 11.9. The van der Waals surface area contributed by atoms with Crippen molar-refractivity contribution in [1.82, 2.24) is 9.55 Å². The van der Waals surface area contributed by atoms with Crippen molar-refractivity contribution >= 4 is 5.95 Å². The minimum atomic E-state index is 0.567. The molecule has 5 heteroatoms. The van der Waals surface area contributed by atoms with Crippen molar-refractivity contribution in [2.45, 2.75) is 19.4 Å². The van der Waals surface area contributed by atoms with Gasteiger partial charge in [0, 0.05) is 12.1 Å². The fraction of sp³-hybridized carbons (Fsp3) is 0.357. The first-order valence-corrected chi connectivity index (χ1v) is 6.31. The van der Waals surface area contributed by atoms with Crippen molar-refractivity contribution in [3.05, 3.63) is 23.9 Å². The summed E-state index contributed by atoms with van der Waals surface area (Å²) in [5.74, 6) is 2.06. The van der Waals surface area contributed by atoms with Crippen molar-refractivity contribution in [3.8, 4) is 22.8 Å². The van der Waals surface area contributed by atoms with Crippen LogP contribution in [0.3, 0.4) is 0 Å². The molecule has 1 aliphatic heterocycles. The van der Waals surface area contributed by atoms with Crippen LogP contribution in [0.4, 0.5) is 5.95 Å². The van der Waals surface area contributed by atoms with Gasteiger partial charge in [0.05, 0.1) is 26.1 Å². The number of nitrogens with two attached hydrogens (primary N) is 1. The zero-order chi connectivity index (χ0) is 13.4. The van der Waals surface area contributed by atoms with Crippen LogP contribution in [0.2, 0.25) is 0 Å². The van der Waals surface area contributed by atoms with Gasteiger partial charge in [0.2, 0.25) is 5.95 Å². The van der Waals surface area contributed by atoms with Crippen LogP contribution < -0.4 is 15.2 Å². The summed E-state index contributed by atoms with van der Waals surface area (Å²) in [5.41, 5.74) is 9.33. The van der Waals surface area contributed by atoms with Crippen LogP contribution >= 0.6 is 0 Å². The van der Waals surface area contributed by atoms with Gasteiger partial charge in [-0.1, -0.05) is 0 Å². The summed E-state index contributed by atoms with van der Waals surface area (Å²) in [4.78, 5) is 4.21. The van der Waals surface area contributed by atoms with E-state index in [1.54, 1.807) is 14.2 Å². The number of rotatable bonds is 2. The highest BCUT2D eigenvalue weighted by Crippen LogP contribution is 2.38. The van der Waals surface area contributed by atoms with E-state index in [4.69, 9.17) is 15.2 Å². The molecule has 1 aromatic carbocycles. The lowest BCUT2D eigenvalue weighted by Crippen LogP contribution is -2.03. The van der Waals surface area contributed by atoms with Gasteiger partial charge in [0.15, 0.2) is 11.5 Å². The molecule has 0 unspecified atom stereocenters. The van der Waals surface area contributed by atoms with Gasteiger partial charge < -0.3 is 19.8 Å². The number of nitrogens with zero attached hydrogens (tertiary/aromatic N) is 2. The quantitative estimate of drug-likeness (QED) is 0.897. The van der Waals surface area contributed by atoms with Crippen molar-refractivity contribution in [2.24, 2.45) is 0 Å². The fourth-order valence-corrected chi connectivity index (χ4v) is 2.63. The summed E-state index contributed by atoms with van der Waals surface area (Å²) in [6.07, 6.45) is 3.86. The topological polar surface area (TPSA) is 62.3 Å². The molecule has 2 heterocycles. The number of hydrogen-bond donors (Lipinski definition) is 1. The number of fused-ring (bicyclic) bond motifs is 3. The number of methoxy groups -OCH3 is 2. The van der Waals surface area contributed by atoms with Gasteiger partial charge in [-0.05, 0) is 30.5 Å². The van der Waals surface area contributed by atoms with E-state index in [9.17, 15) is 0 Å². The van der Waals surface area contributed by atoms with Gasteiger partial charge in [-0.25, -0.2) is 4.98 Å². The molecule has 1 aliphatic rings. The minimum Gasteiger partial charge on any atom is -0.493 e. The highest BCUT2D eigenvalue weighted by atomic mass is 16.5. The average Bonchev–Trinajstić information content (AvgIpc) is 2.70. The smallest absolute Gasteiger partial charge is 0.200 e. The maximum absolute atomic E-state index is 5.91. The second-order valence-corrected chi connectivity index (χ2v) is 4.62. The number of aromatic nitrogens is 2. The van der Waals surface area contributed by atoms with E-state index in [1.165, 1.54) is 5.56 Å². The van der Waals surface area contributed by atoms with Crippen LogP contribution in [0.1, 0.15) is 12.0 Å². The largest absolute Gasteiger partial charge is 0.493 e. The first-order valence-electron chi connectivity index (χ1n) is 6.31. The maximum Gasteiger partial charge on any atom is 0.200 e. The molecule has 0 saturated carbocycles. The summed E-state index contributed by atoms with van der Waals surface area (Å²) in [5, 5.41) is 0. The van der Waals surface area contributed by atoms with E-state index in [-0.39, 0.29) is 0 Å². The molecule has 2 N–H and O–H groups in total. The molecule has 0 radical (unpaired) electrons. The third kappa shape index (κ3) is 1.82. The molecule has 0 atom stereocenters. The Balaban J connectivity index is 2.23. The molecule has 0 amide bonds.